The van der Waals surface area contributed by atoms with E-state index in [-0.39, 0.29) is 12.5 Å². The summed E-state index contributed by atoms with van der Waals surface area (Å²) in [6, 6.07) is 0.318. The van der Waals surface area contributed by atoms with Gasteiger partial charge < -0.3 is 20.5 Å². The zero-order chi connectivity index (χ0) is 13.4. The van der Waals surface area contributed by atoms with Gasteiger partial charge in [-0.05, 0) is 31.6 Å². The molecule has 1 aliphatic carbocycles. The summed E-state index contributed by atoms with van der Waals surface area (Å²) in [5, 5.41) is 8.97. The fourth-order valence-corrected chi connectivity index (χ4v) is 2.45. The van der Waals surface area contributed by atoms with E-state index in [1.54, 1.807) is 12.0 Å². The lowest BCUT2D eigenvalue weighted by molar-refractivity contribution is -0.133. The fourth-order valence-electron chi connectivity index (χ4n) is 2.45. The van der Waals surface area contributed by atoms with E-state index in [1.807, 2.05) is 0 Å². The van der Waals surface area contributed by atoms with Crippen LogP contribution >= 0.6 is 0 Å². The first-order chi connectivity index (χ1) is 8.67. The number of hydrogen-bond donors (Lipinski definition) is 2. The summed E-state index contributed by atoms with van der Waals surface area (Å²) in [6.45, 7) is 1.48. The minimum Gasteiger partial charge on any atom is -0.395 e. The topological polar surface area (TPSA) is 75.8 Å². The number of nitrogens with zero attached hydrogens (tertiary/aromatic N) is 1. The van der Waals surface area contributed by atoms with Gasteiger partial charge in [-0.3, -0.25) is 4.79 Å². The molecule has 1 aliphatic rings. The van der Waals surface area contributed by atoms with E-state index in [1.165, 1.54) is 0 Å². The summed E-state index contributed by atoms with van der Waals surface area (Å²) in [5.41, 5.74) is 5.86. The van der Waals surface area contributed by atoms with Crippen LogP contribution in [0, 0.1) is 5.92 Å². The van der Waals surface area contributed by atoms with Crippen molar-refractivity contribution in [2.24, 2.45) is 11.7 Å². The smallest absolute Gasteiger partial charge is 0.223 e. The number of nitrogens with two attached hydrogens (primary N) is 1. The molecule has 0 bridgehead atoms. The zero-order valence-electron chi connectivity index (χ0n) is 11.3. The monoisotopic (exact) mass is 258 g/mol. The Labute approximate surface area is 109 Å². The van der Waals surface area contributed by atoms with Crippen LogP contribution in [0.4, 0.5) is 0 Å². The van der Waals surface area contributed by atoms with Crippen molar-refractivity contribution in [3.8, 4) is 0 Å². The Hall–Kier alpha value is -0.650. The van der Waals surface area contributed by atoms with Crippen LogP contribution < -0.4 is 5.73 Å². The second-order valence-electron chi connectivity index (χ2n) is 5.08. The molecule has 0 heterocycles. The summed E-state index contributed by atoms with van der Waals surface area (Å²) < 4.78 is 4.98. The highest BCUT2D eigenvalue weighted by atomic mass is 16.5. The van der Waals surface area contributed by atoms with Gasteiger partial charge in [0.1, 0.15) is 0 Å². The van der Waals surface area contributed by atoms with Gasteiger partial charge in [0, 0.05) is 32.7 Å². The van der Waals surface area contributed by atoms with Crippen LogP contribution in [0.3, 0.4) is 0 Å². The van der Waals surface area contributed by atoms with E-state index in [2.05, 4.69) is 0 Å². The number of ether oxygens (including phenoxy) is 1. The predicted octanol–water partition coefficient (Wildman–Crippen LogP) is 0.361. The van der Waals surface area contributed by atoms with Gasteiger partial charge >= 0.3 is 0 Å². The molecule has 0 spiro atoms. The minimum atomic E-state index is 0.00496. The molecule has 0 saturated heterocycles. The van der Waals surface area contributed by atoms with E-state index in [0.29, 0.717) is 38.1 Å². The van der Waals surface area contributed by atoms with Gasteiger partial charge in [-0.25, -0.2) is 0 Å². The van der Waals surface area contributed by atoms with Crippen LogP contribution in [0.1, 0.15) is 32.1 Å². The zero-order valence-corrected chi connectivity index (χ0v) is 11.3. The number of amides is 1. The van der Waals surface area contributed by atoms with E-state index in [0.717, 1.165) is 25.7 Å². The highest BCUT2D eigenvalue weighted by Crippen LogP contribution is 2.26. The van der Waals surface area contributed by atoms with E-state index < -0.39 is 0 Å². The van der Waals surface area contributed by atoms with Crippen LogP contribution in [-0.4, -0.2) is 55.4 Å². The van der Waals surface area contributed by atoms with Gasteiger partial charge in [-0.1, -0.05) is 0 Å². The van der Waals surface area contributed by atoms with E-state index in [9.17, 15) is 4.79 Å². The fraction of sp³-hybridized carbons (Fsp3) is 0.923. The van der Waals surface area contributed by atoms with Crippen molar-refractivity contribution < 1.29 is 14.6 Å². The van der Waals surface area contributed by atoms with E-state index >= 15 is 0 Å². The van der Waals surface area contributed by atoms with Gasteiger partial charge in [0.15, 0.2) is 0 Å². The molecule has 106 valence electrons. The van der Waals surface area contributed by atoms with Crippen LogP contribution in [0.5, 0.6) is 0 Å². The van der Waals surface area contributed by atoms with Crippen molar-refractivity contribution in [1.82, 2.24) is 4.90 Å². The number of methoxy groups -OCH3 is 1. The van der Waals surface area contributed by atoms with Crippen molar-refractivity contribution in [2.75, 3.05) is 33.4 Å². The maximum Gasteiger partial charge on any atom is 0.223 e. The Kier molecular flexibility index (Phi) is 7.23. The molecule has 0 radical (unpaired) electrons. The SMILES string of the molecule is COCCN(CCO)C(=O)CC1CCC(N)CC1. The summed E-state index contributed by atoms with van der Waals surface area (Å²) >= 11 is 0. The predicted molar refractivity (Wildman–Crippen MR) is 70.1 cm³/mol. The molecule has 1 rings (SSSR count). The molecule has 5 nitrogen and oxygen atoms in total. The standard InChI is InChI=1S/C13H26N2O3/c1-18-9-7-15(6-8-16)13(17)10-11-2-4-12(14)5-3-11/h11-12,16H,2-10,14H2,1H3. The van der Waals surface area contributed by atoms with Crippen molar-refractivity contribution >= 4 is 5.91 Å². The number of carbonyl (C=O) groups excluding carboxylic acids is 1. The molecule has 0 aliphatic heterocycles. The molecule has 0 atom stereocenters. The van der Waals surface area contributed by atoms with Crippen LogP contribution in [0.15, 0.2) is 0 Å². The molecule has 1 fully saturated rings. The maximum absolute atomic E-state index is 12.1. The number of carbonyl (C=O) groups is 1. The Morgan fingerprint density at radius 2 is 2.00 bits per heavy atom. The second-order valence-corrected chi connectivity index (χ2v) is 5.08. The third-order valence-electron chi connectivity index (χ3n) is 3.64. The number of rotatable bonds is 7. The molecule has 1 saturated carbocycles. The molecule has 0 unspecified atom stereocenters. The number of hydrogen-bond acceptors (Lipinski definition) is 4. The van der Waals surface area contributed by atoms with Crippen molar-refractivity contribution in [1.29, 1.82) is 0 Å². The number of aliphatic hydroxyl groups is 1. The van der Waals surface area contributed by atoms with E-state index in [4.69, 9.17) is 15.6 Å². The summed E-state index contributed by atoms with van der Waals surface area (Å²) in [6.07, 6.45) is 4.72. The van der Waals surface area contributed by atoms with Crippen LogP contribution in [0.25, 0.3) is 0 Å². The quantitative estimate of drug-likeness (QED) is 0.691. The maximum atomic E-state index is 12.1. The Morgan fingerprint density at radius 1 is 1.33 bits per heavy atom. The molecular formula is C13H26N2O3. The molecule has 0 aromatic carbocycles. The highest BCUT2D eigenvalue weighted by molar-refractivity contribution is 5.76. The van der Waals surface area contributed by atoms with Crippen LogP contribution in [-0.2, 0) is 9.53 Å². The second kappa shape index (κ2) is 8.45. The van der Waals surface area contributed by atoms with Gasteiger partial charge in [0.2, 0.25) is 5.91 Å². The molecule has 0 aromatic heterocycles. The highest BCUT2D eigenvalue weighted by Gasteiger charge is 2.23. The van der Waals surface area contributed by atoms with Crippen molar-refractivity contribution in [3.63, 3.8) is 0 Å². The number of aliphatic hydroxyl groups excluding tert-OH is 1. The molecule has 18 heavy (non-hydrogen) atoms. The third kappa shape index (κ3) is 5.33. The lowest BCUT2D eigenvalue weighted by atomic mass is 9.84. The Balaban J connectivity index is 2.35. The van der Waals surface area contributed by atoms with Gasteiger partial charge in [0.05, 0.1) is 13.2 Å². The minimum absolute atomic E-state index is 0.00496. The van der Waals surface area contributed by atoms with Crippen molar-refractivity contribution in [3.05, 3.63) is 0 Å². The van der Waals surface area contributed by atoms with Crippen molar-refractivity contribution in [2.45, 2.75) is 38.1 Å². The first-order valence-corrected chi connectivity index (χ1v) is 6.80. The lowest BCUT2D eigenvalue weighted by Gasteiger charge is -2.28. The average Bonchev–Trinajstić information content (AvgIpc) is 2.37. The van der Waals surface area contributed by atoms with Gasteiger partial charge in [-0.15, -0.1) is 0 Å². The first kappa shape index (κ1) is 15.4. The molecule has 0 aromatic rings. The lowest BCUT2D eigenvalue weighted by Crippen LogP contribution is -2.38. The first-order valence-electron chi connectivity index (χ1n) is 6.80. The van der Waals surface area contributed by atoms with Crippen LogP contribution in [0.2, 0.25) is 0 Å². The molecule has 3 N–H and O–H groups in total. The third-order valence-corrected chi connectivity index (χ3v) is 3.64. The average molecular weight is 258 g/mol. The Bertz CT molecular complexity index is 240. The summed E-state index contributed by atoms with van der Waals surface area (Å²) in [5.74, 6) is 0.586. The normalized spacial score (nSPS) is 23.9. The van der Waals surface area contributed by atoms with Gasteiger partial charge in [-0.2, -0.15) is 0 Å². The Morgan fingerprint density at radius 3 is 2.56 bits per heavy atom. The summed E-state index contributed by atoms with van der Waals surface area (Å²) in [4.78, 5) is 13.8. The molecule has 1 amide bonds. The molecular weight excluding hydrogens is 232 g/mol. The molecule has 5 heteroatoms. The van der Waals surface area contributed by atoms with Gasteiger partial charge in [0.25, 0.3) is 0 Å². The summed E-state index contributed by atoms with van der Waals surface area (Å²) in [7, 11) is 1.62. The largest absolute Gasteiger partial charge is 0.395 e.